The summed E-state index contributed by atoms with van der Waals surface area (Å²) in [5.74, 6) is 0.618. The van der Waals surface area contributed by atoms with Crippen molar-refractivity contribution in [1.82, 2.24) is 10.2 Å². The average molecular weight is 393 g/mol. The molecule has 1 atom stereocenters. The van der Waals surface area contributed by atoms with Gasteiger partial charge in [0, 0.05) is 30.1 Å². The van der Waals surface area contributed by atoms with E-state index in [2.05, 4.69) is 52.0 Å². The second-order valence-corrected chi connectivity index (χ2v) is 7.94. The minimum atomic E-state index is -0.0714. The van der Waals surface area contributed by atoms with Gasteiger partial charge in [-0.25, -0.2) is 0 Å². The lowest BCUT2D eigenvalue weighted by molar-refractivity contribution is 0.0928. The Hall–Kier alpha value is -2.63. The molecule has 0 saturated carbocycles. The summed E-state index contributed by atoms with van der Waals surface area (Å²) in [5.41, 5.74) is 3.44. The number of fused-ring (bicyclic) bond motifs is 1. The molecule has 0 unspecified atom stereocenters. The van der Waals surface area contributed by atoms with Crippen LogP contribution >= 0.6 is 11.3 Å². The van der Waals surface area contributed by atoms with Crippen molar-refractivity contribution in [2.24, 2.45) is 0 Å². The molecule has 2 aromatic carbocycles. The third-order valence-corrected chi connectivity index (χ3v) is 6.23. The number of amides is 1. The van der Waals surface area contributed by atoms with E-state index in [0.29, 0.717) is 17.9 Å². The fraction of sp³-hybridized carbons (Fsp3) is 0.261. The Morgan fingerprint density at radius 1 is 1.14 bits per heavy atom. The first-order valence-corrected chi connectivity index (χ1v) is 10.4. The molecule has 2 heterocycles. The summed E-state index contributed by atoms with van der Waals surface area (Å²) in [5, 5.41) is 5.23. The molecule has 0 aliphatic carbocycles. The third-order valence-electron chi connectivity index (χ3n) is 5.26. The van der Waals surface area contributed by atoms with Gasteiger partial charge in [0.15, 0.2) is 0 Å². The molecule has 1 aliphatic heterocycles. The smallest absolute Gasteiger partial charge is 0.251 e. The van der Waals surface area contributed by atoms with Crippen molar-refractivity contribution in [1.29, 1.82) is 0 Å². The number of benzene rings is 2. The largest absolute Gasteiger partial charge is 0.497 e. The van der Waals surface area contributed by atoms with Gasteiger partial charge >= 0.3 is 0 Å². The number of thiophene rings is 1. The van der Waals surface area contributed by atoms with Crippen molar-refractivity contribution in [2.75, 3.05) is 20.2 Å². The molecular weight excluding hydrogens is 368 g/mol. The minimum Gasteiger partial charge on any atom is -0.497 e. The Bertz CT molecular complexity index is 939. The van der Waals surface area contributed by atoms with Gasteiger partial charge in [-0.3, -0.25) is 9.69 Å². The number of hydrogen-bond acceptors (Lipinski definition) is 4. The number of rotatable bonds is 6. The van der Waals surface area contributed by atoms with E-state index in [0.717, 1.165) is 19.5 Å². The molecule has 1 N–H and O–H groups in total. The normalized spacial score (nSPS) is 14.9. The van der Waals surface area contributed by atoms with Crippen LogP contribution in [0.2, 0.25) is 0 Å². The number of carbonyl (C=O) groups is 1. The third kappa shape index (κ3) is 4.11. The molecule has 3 aromatic rings. The highest BCUT2D eigenvalue weighted by atomic mass is 32.1. The molecule has 4 nitrogen and oxygen atoms in total. The fourth-order valence-electron chi connectivity index (χ4n) is 3.73. The van der Waals surface area contributed by atoms with Crippen molar-refractivity contribution < 1.29 is 9.53 Å². The Morgan fingerprint density at radius 2 is 2.00 bits per heavy atom. The lowest BCUT2D eigenvalue weighted by atomic mass is 9.98. The number of methoxy groups -OCH3 is 1. The molecule has 1 amide bonds. The van der Waals surface area contributed by atoms with Gasteiger partial charge in [-0.05, 0) is 47.2 Å². The van der Waals surface area contributed by atoms with Crippen molar-refractivity contribution in [3.05, 3.63) is 87.6 Å². The van der Waals surface area contributed by atoms with Crippen LogP contribution in [0, 0.1) is 0 Å². The second-order valence-electron chi connectivity index (χ2n) is 6.96. The first-order chi connectivity index (χ1) is 13.7. The Balaban J connectivity index is 1.49. The van der Waals surface area contributed by atoms with E-state index in [4.69, 9.17) is 4.74 Å². The lowest BCUT2D eigenvalue weighted by Crippen LogP contribution is -2.40. The van der Waals surface area contributed by atoms with Crippen molar-refractivity contribution >= 4 is 17.2 Å². The number of ether oxygens (including phenoxy) is 1. The summed E-state index contributed by atoms with van der Waals surface area (Å²) >= 11 is 1.75. The number of hydrogen-bond donors (Lipinski definition) is 1. The SMILES string of the molecule is COc1cccc(C(=O)NC[C@H](c2cccs2)N2CCc3ccccc3C2)c1. The van der Waals surface area contributed by atoms with Crippen LogP contribution in [-0.2, 0) is 13.0 Å². The van der Waals surface area contributed by atoms with Crippen LogP contribution in [0.1, 0.15) is 32.4 Å². The van der Waals surface area contributed by atoms with Crippen LogP contribution in [-0.4, -0.2) is 31.0 Å². The topological polar surface area (TPSA) is 41.6 Å². The summed E-state index contributed by atoms with van der Waals surface area (Å²) in [6, 6.07) is 20.3. The minimum absolute atomic E-state index is 0.0714. The highest BCUT2D eigenvalue weighted by Crippen LogP contribution is 2.30. The molecule has 144 valence electrons. The van der Waals surface area contributed by atoms with Gasteiger partial charge in [0.1, 0.15) is 5.75 Å². The Labute approximate surface area is 169 Å². The molecule has 0 fully saturated rings. The standard InChI is InChI=1S/C23H24N2O2S/c1-27-20-9-4-8-18(14-20)23(26)24-15-21(22-10-5-13-28-22)25-12-11-17-6-2-3-7-19(17)16-25/h2-10,13-14,21H,11-12,15-16H2,1H3,(H,24,26)/t21-/m1/s1. The molecule has 0 saturated heterocycles. The molecule has 0 spiro atoms. The summed E-state index contributed by atoms with van der Waals surface area (Å²) in [6.07, 6.45) is 1.04. The van der Waals surface area contributed by atoms with Gasteiger partial charge in [0.05, 0.1) is 13.2 Å². The van der Waals surface area contributed by atoms with Gasteiger partial charge in [-0.1, -0.05) is 36.4 Å². The summed E-state index contributed by atoms with van der Waals surface area (Å²) in [4.78, 5) is 16.4. The van der Waals surface area contributed by atoms with E-state index in [1.165, 1.54) is 16.0 Å². The predicted octanol–water partition coefficient (Wildman–Crippen LogP) is 4.29. The molecular formula is C23H24N2O2S. The van der Waals surface area contributed by atoms with Crippen LogP contribution < -0.4 is 10.1 Å². The van der Waals surface area contributed by atoms with Crippen LogP contribution in [0.5, 0.6) is 5.75 Å². The number of nitrogens with zero attached hydrogens (tertiary/aromatic N) is 1. The zero-order valence-corrected chi connectivity index (χ0v) is 16.7. The Kier molecular flexibility index (Phi) is 5.74. The van der Waals surface area contributed by atoms with Crippen molar-refractivity contribution in [2.45, 2.75) is 19.0 Å². The van der Waals surface area contributed by atoms with E-state index >= 15 is 0 Å². The molecule has 0 radical (unpaired) electrons. The molecule has 0 bridgehead atoms. The van der Waals surface area contributed by atoms with E-state index in [-0.39, 0.29) is 11.9 Å². The first kappa shape index (κ1) is 18.7. The van der Waals surface area contributed by atoms with Gasteiger partial charge in [0.2, 0.25) is 0 Å². The summed E-state index contributed by atoms with van der Waals surface area (Å²) < 4.78 is 5.23. The van der Waals surface area contributed by atoms with Crippen LogP contribution in [0.25, 0.3) is 0 Å². The second kappa shape index (κ2) is 8.59. The van der Waals surface area contributed by atoms with Gasteiger partial charge in [-0.15, -0.1) is 11.3 Å². The van der Waals surface area contributed by atoms with E-state index in [9.17, 15) is 4.79 Å². The van der Waals surface area contributed by atoms with E-state index < -0.39 is 0 Å². The maximum Gasteiger partial charge on any atom is 0.251 e. The molecule has 4 rings (SSSR count). The zero-order chi connectivity index (χ0) is 19.3. The highest BCUT2D eigenvalue weighted by molar-refractivity contribution is 7.10. The summed E-state index contributed by atoms with van der Waals surface area (Å²) in [6.45, 7) is 2.49. The van der Waals surface area contributed by atoms with Crippen molar-refractivity contribution in [3.8, 4) is 5.75 Å². The fourth-order valence-corrected chi connectivity index (χ4v) is 4.59. The van der Waals surface area contributed by atoms with Crippen LogP contribution in [0.15, 0.2) is 66.0 Å². The Morgan fingerprint density at radius 3 is 2.79 bits per heavy atom. The highest BCUT2D eigenvalue weighted by Gasteiger charge is 2.26. The maximum atomic E-state index is 12.7. The van der Waals surface area contributed by atoms with Crippen molar-refractivity contribution in [3.63, 3.8) is 0 Å². The number of carbonyl (C=O) groups excluding carboxylic acids is 1. The monoisotopic (exact) mass is 392 g/mol. The van der Waals surface area contributed by atoms with Gasteiger partial charge in [0.25, 0.3) is 5.91 Å². The molecule has 1 aliphatic rings. The average Bonchev–Trinajstić information content (AvgIpc) is 3.28. The first-order valence-electron chi connectivity index (χ1n) is 9.51. The number of nitrogens with one attached hydrogen (secondary N) is 1. The van der Waals surface area contributed by atoms with Gasteiger partial charge in [-0.2, -0.15) is 0 Å². The molecule has 28 heavy (non-hydrogen) atoms. The zero-order valence-electron chi connectivity index (χ0n) is 15.9. The van der Waals surface area contributed by atoms with Crippen LogP contribution in [0.3, 0.4) is 0 Å². The quantitative estimate of drug-likeness (QED) is 0.681. The lowest BCUT2D eigenvalue weighted by Gasteiger charge is -2.35. The predicted molar refractivity (Wildman–Crippen MR) is 113 cm³/mol. The van der Waals surface area contributed by atoms with E-state index in [1.54, 1.807) is 24.5 Å². The van der Waals surface area contributed by atoms with Gasteiger partial charge < -0.3 is 10.1 Å². The molecule has 5 heteroatoms. The molecule has 1 aromatic heterocycles. The summed E-state index contributed by atoms with van der Waals surface area (Å²) in [7, 11) is 1.61. The van der Waals surface area contributed by atoms with Crippen LogP contribution in [0.4, 0.5) is 0 Å². The van der Waals surface area contributed by atoms with E-state index in [1.807, 2.05) is 18.2 Å². The maximum absolute atomic E-state index is 12.7.